The van der Waals surface area contributed by atoms with Gasteiger partial charge in [-0.25, -0.2) is 9.37 Å². The van der Waals surface area contributed by atoms with Gasteiger partial charge in [-0.15, -0.1) is 0 Å². The van der Waals surface area contributed by atoms with Crippen molar-refractivity contribution in [1.29, 1.82) is 0 Å². The van der Waals surface area contributed by atoms with E-state index in [4.69, 9.17) is 4.74 Å². The fraction of sp³-hybridized carbons (Fsp3) is 0.400. The fourth-order valence-electron chi connectivity index (χ4n) is 3.31. The predicted octanol–water partition coefficient (Wildman–Crippen LogP) is 3.77. The number of hydrogen-bond donors (Lipinski definition) is 0. The van der Waals surface area contributed by atoms with Gasteiger partial charge in [0.05, 0.1) is 18.2 Å². The van der Waals surface area contributed by atoms with Gasteiger partial charge in [0.25, 0.3) is 5.91 Å². The molecule has 1 amide bonds. The van der Waals surface area contributed by atoms with Crippen LogP contribution in [0.2, 0.25) is 0 Å². The lowest BCUT2D eigenvalue weighted by Crippen LogP contribution is -2.39. The molecule has 1 aliphatic carbocycles. The van der Waals surface area contributed by atoms with Crippen molar-refractivity contribution in [3.05, 3.63) is 59.0 Å². The summed E-state index contributed by atoms with van der Waals surface area (Å²) >= 11 is 0. The minimum atomic E-state index is -0.265. The van der Waals surface area contributed by atoms with Gasteiger partial charge in [-0.1, -0.05) is 6.07 Å². The molecule has 0 radical (unpaired) electrons. The molecule has 2 aliphatic rings. The number of carbonyl (C=O) groups excluding carboxylic acids is 1. The van der Waals surface area contributed by atoms with Crippen LogP contribution in [0.15, 0.2) is 36.5 Å². The summed E-state index contributed by atoms with van der Waals surface area (Å²) < 4.78 is 19.2. The molecule has 1 unspecified atom stereocenters. The van der Waals surface area contributed by atoms with Crippen molar-refractivity contribution in [2.45, 2.75) is 32.2 Å². The Hall–Kier alpha value is -2.43. The van der Waals surface area contributed by atoms with Gasteiger partial charge in [0.15, 0.2) is 0 Å². The van der Waals surface area contributed by atoms with Gasteiger partial charge >= 0.3 is 0 Å². The zero-order chi connectivity index (χ0) is 17.4. The summed E-state index contributed by atoms with van der Waals surface area (Å²) in [5.41, 5.74) is 2.53. The molecule has 4 rings (SSSR count). The Morgan fingerprint density at radius 1 is 1.32 bits per heavy atom. The number of pyridine rings is 1. The highest BCUT2D eigenvalue weighted by Crippen LogP contribution is 2.31. The quantitative estimate of drug-likeness (QED) is 0.851. The maximum absolute atomic E-state index is 13.6. The van der Waals surface area contributed by atoms with Crippen molar-refractivity contribution in [2.75, 3.05) is 13.2 Å². The summed E-state index contributed by atoms with van der Waals surface area (Å²) in [5.74, 6) is 0.878. The van der Waals surface area contributed by atoms with Gasteiger partial charge in [0.2, 0.25) is 5.88 Å². The van der Waals surface area contributed by atoms with E-state index in [1.807, 2.05) is 13.0 Å². The summed E-state index contributed by atoms with van der Waals surface area (Å²) in [7, 11) is 0. The lowest BCUT2D eigenvalue weighted by Gasteiger charge is -2.35. The third-order valence-electron chi connectivity index (χ3n) is 5.06. The van der Waals surface area contributed by atoms with Crippen LogP contribution in [-0.2, 0) is 6.42 Å². The number of halogens is 1. The predicted molar refractivity (Wildman–Crippen MR) is 92.0 cm³/mol. The Bertz CT molecular complexity index is 787. The number of hydrogen-bond acceptors (Lipinski definition) is 3. The Kier molecular flexibility index (Phi) is 4.15. The molecule has 25 heavy (non-hydrogen) atoms. The average molecular weight is 340 g/mol. The van der Waals surface area contributed by atoms with E-state index < -0.39 is 0 Å². The number of aromatic nitrogens is 1. The SMILES string of the molecule is CC1c2cc(F)ccc2CCN1C(=O)c1ccc(OCC2CC2)nc1. The van der Waals surface area contributed by atoms with Crippen molar-refractivity contribution < 1.29 is 13.9 Å². The molecule has 0 N–H and O–H groups in total. The standard InChI is InChI=1S/C20H21FN2O2/c1-13-18-10-17(21)6-4-15(18)8-9-23(13)20(24)16-5-7-19(22-11-16)25-12-14-2-3-14/h4-7,10-11,13-14H,2-3,8-9,12H2,1H3. The average Bonchev–Trinajstić information content (AvgIpc) is 3.45. The molecule has 4 nitrogen and oxygen atoms in total. The molecular formula is C20H21FN2O2. The minimum absolute atomic E-state index is 0.0799. The van der Waals surface area contributed by atoms with Gasteiger partial charge in [-0.3, -0.25) is 4.79 Å². The van der Waals surface area contributed by atoms with Gasteiger partial charge < -0.3 is 9.64 Å². The largest absolute Gasteiger partial charge is 0.477 e. The lowest BCUT2D eigenvalue weighted by molar-refractivity contribution is 0.0676. The molecule has 2 heterocycles. The highest BCUT2D eigenvalue weighted by molar-refractivity contribution is 5.94. The third kappa shape index (κ3) is 3.36. The second kappa shape index (κ2) is 6.47. The molecule has 1 saturated carbocycles. The van der Waals surface area contributed by atoms with Gasteiger partial charge in [0, 0.05) is 18.8 Å². The van der Waals surface area contributed by atoms with Gasteiger partial charge in [-0.05, 0) is 61.4 Å². The molecule has 2 aromatic rings. The first-order chi connectivity index (χ1) is 12.1. The summed E-state index contributed by atoms with van der Waals surface area (Å²) in [6.07, 6.45) is 4.76. The van der Waals surface area contributed by atoms with E-state index in [2.05, 4.69) is 4.98 Å². The van der Waals surface area contributed by atoms with E-state index in [-0.39, 0.29) is 17.8 Å². The topological polar surface area (TPSA) is 42.4 Å². The fourth-order valence-corrected chi connectivity index (χ4v) is 3.31. The Morgan fingerprint density at radius 3 is 2.88 bits per heavy atom. The second-order valence-electron chi connectivity index (χ2n) is 6.91. The first-order valence-electron chi connectivity index (χ1n) is 8.80. The maximum Gasteiger partial charge on any atom is 0.255 e. The molecule has 0 spiro atoms. The highest BCUT2D eigenvalue weighted by atomic mass is 19.1. The molecule has 130 valence electrons. The third-order valence-corrected chi connectivity index (χ3v) is 5.06. The maximum atomic E-state index is 13.6. The molecule has 1 aromatic heterocycles. The van der Waals surface area contributed by atoms with E-state index in [1.165, 1.54) is 25.0 Å². The van der Waals surface area contributed by atoms with Gasteiger partial charge in [-0.2, -0.15) is 0 Å². The molecule has 1 aromatic carbocycles. The normalized spacial score (nSPS) is 19.4. The zero-order valence-electron chi connectivity index (χ0n) is 14.2. The van der Waals surface area contributed by atoms with Crippen molar-refractivity contribution in [3.63, 3.8) is 0 Å². The van der Waals surface area contributed by atoms with Crippen LogP contribution in [0.4, 0.5) is 4.39 Å². The molecule has 5 heteroatoms. The summed E-state index contributed by atoms with van der Waals surface area (Å²) in [6.45, 7) is 3.26. The van der Waals surface area contributed by atoms with Crippen molar-refractivity contribution in [3.8, 4) is 5.88 Å². The molecular weight excluding hydrogens is 319 g/mol. The van der Waals surface area contributed by atoms with Crippen LogP contribution in [-0.4, -0.2) is 28.9 Å². The first kappa shape index (κ1) is 16.1. The second-order valence-corrected chi connectivity index (χ2v) is 6.91. The number of amides is 1. The molecule has 0 saturated heterocycles. The Morgan fingerprint density at radius 2 is 2.16 bits per heavy atom. The van der Waals surface area contributed by atoms with Gasteiger partial charge in [0.1, 0.15) is 5.82 Å². The molecule has 0 bridgehead atoms. The van der Waals surface area contributed by atoms with E-state index in [1.54, 1.807) is 23.2 Å². The monoisotopic (exact) mass is 340 g/mol. The Labute approximate surface area is 146 Å². The number of ether oxygens (including phenoxy) is 1. The molecule has 1 atom stereocenters. The Balaban J connectivity index is 1.48. The van der Waals surface area contributed by atoms with Crippen LogP contribution in [0.1, 0.15) is 47.3 Å². The lowest BCUT2D eigenvalue weighted by atomic mass is 9.93. The number of fused-ring (bicyclic) bond motifs is 1. The van der Waals surface area contributed by atoms with Crippen LogP contribution in [0.5, 0.6) is 5.88 Å². The van der Waals surface area contributed by atoms with E-state index in [9.17, 15) is 9.18 Å². The molecule has 1 aliphatic heterocycles. The van der Waals surface area contributed by atoms with Crippen molar-refractivity contribution in [2.24, 2.45) is 5.92 Å². The minimum Gasteiger partial charge on any atom is -0.477 e. The number of rotatable bonds is 4. The number of nitrogens with zero attached hydrogens (tertiary/aromatic N) is 2. The van der Waals surface area contributed by atoms with E-state index >= 15 is 0 Å². The van der Waals surface area contributed by atoms with E-state index in [0.29, 0.717) is 30.5 Å². The van der Waals surface area contributed by atoms with Crippen LogP contribution in [0.25, 0.3) is 0 Å². The summed E-state index contributed by atoms with van der Waals surface area (Å²) in [5, 5.41) is 0. The summed E-state index contributed by atoms with van der Waals surface area (Å²) in [4.78, 5) is 18.9. The van der Waals surface area contributed by atoms with Crippen LogP contribution < -0.4 is 4.74 Å². The van der Waals surface area contributed by atoms with Crippen LogP contribution in [0, 0.1) is 11.7 Å². The zero-order valence-corrected chi connectivity index (χ0v) is 14.2. The smallest absolute Gasteiger partial charge is 0.255 e. The van der Waals surface area contributed by atoms with Crippen LogP contribution in [0.3, 0.4) is 0 Å². The highest BCUT2D eigenvalue weighted by Gasteiger charge is 2.29. The van der Waals surface area contributed by atoms with Crippen molar-refractivity contribution >= 4 is 5.91 Å². The first-order valence-corrected chi connectivity index (χ1v) is 8.80. The van der Waals surface area contributed by atoms with E-state index in [0.717, 1.165) is 17.5 Å². The molecule has 1 fully saturated rings. The van der Waals surface area contributed by atoms with Crippen LogP contribution >= 0.6 is 0 Å². The number of benzene rings is 1. The van der Waals surface area contributed by atoms with Crippen molar-refractivity contribution in [1.82, 2.24) is 9.88 Å². The summed E-state index contributed by atoms with van der Waals surface area (Å²) in [6, 6.07) is 8.18. The number of carbonyl (C=O) groups is 1.